The largest absolute Gasteiger partial charge is 0.497 e. The molecule has 0 unspecified atom stereocenters. The van der Waals surface area contributed by atoms with Crippen LogP contribution in [0.1, 0.15) is 6.42 Å². The molecule has 0 aromatic heterocycles. The van der Waals surface area contributed by atoms with E-state index >= 15 is 0 Å². The number of hydrogen-bond acceptors (Lipinski definition) is 5. The second-order valence-electron chi connectivity index (χ2n) is 6.66. The van der Waals surface area contributed by atoms with Crippen LogP contribution in [0.3, 0.4) is 0 Å². The van der Waals surface area contributed by atoms with Gasteiger partial charge in [-0.1, -0.05) is 6.07 Å². The molecule has 1 atom stereocenters. The first-order valence-corrected chi connectivity index (χ1v) is 10.6. The zero-order valence-electron chi connectivity index (χ0n) is 15.8. The Morgan fingerprint density at radius 2 is 2.00 bits per heavy atom. The average Bonchev–Trinajstić information content (AvgIpc) is 3.05. The summed E-state index contributed by atoms with van der Waals surface area (Å²) in [7, 11) is -2.15. The standard InChI is InChI=1S/C19H20FN3O5S/c1-28-15-5-3-4-14(10-15)23-11-12(8-18(23)24)19(25)21-13-6-7-16(20)17(9-13)22-29(2,26)27/h3-7,9-10,12,22H,8,11H2,1-2H3,(H,21,25)/t12-/m0/s1. The molecule has 2 amide bonds. The van der Waals surface area contributed by atoms with Crippen molar-refractivity contribution in [2.75, 3.05) is 34.8 Å². The Hall–Kier alpha value is -3.14. The van der Waals surface area contributed by atoms with Crippen LogP contribution in [-0.2, 0) is 19.6 Å². The fourth-order valence-corrected chi connectivity index (χ4v) is 3.59. The van der Waals surface area contributed by atoms with Crippen molar-refractivity contribution in [2.45, 2.75) is 6.42 Å². The molecule has 2 aromatic carbocycles. The molecule has 29 heavy (non-hydrogen) atoms. The Kier molecular flexibility index (Phi) is 5.73. The van der Waals surface area contributed by atoms with Gasteiger partial charge in [-0.15, -0.1) is 0 Å². The molecule has 0 spiro atoms. The van der Waals surface area contributed by atoms with Gasteiger partial charge in [-0.2, -0.15) is 0 Å². The van der Waals surface area contributed by atoms with Crippen LogP contribution in [-0.4, -0.2) is 40.1 Å². The number of halogens is 1. The summed E-state index contributed by atoms with van der Waals surface area (Å²) in [6.07, 6.45) is 0.924. The summed E-state index contributed by atoms with van der Waals surface area (Å²) in [6.45, 7) is 0.188. The molecule has 0 radical (unpaired) electrons. The number of sulfonamides is 1. The number of nitrogens with one attached hydrogen (secondary N) is 2. The van der Waals surface area contributed by atoms with E-state index in [0.29, 0.717) is 11.4 Å². The fourth-order valence-electron chi connectivity index (χ4n) is 3.04. The first-order valence-electron chi connectivity index (χ1n) is 8.69. The monoisotopic (exact) mass is 421 g/mol. The Balaban J connectivity index is 1.72. The van der Waals surface area contributed by atoms with E-state index in [9.17, 15) is 22.4 Å². The third-order valence-electron chi connectivity index (χ3n) is 4.39. The first-order chi connectivity index (χ1) is 13.7. The van der Waals surface area contributed by atoms with Crippen LogP contribution >= 0.6 is 0 Å². The lowest BCUT2D eigenvalue weighted by Gasteiger charge is -2.17. The van der Waals surface area contributed by atoms with Crippen molar-refractivity contribution in [1.29, 1.82) is 0 Å². The molecule has 10 heteroatoms. The Labute approximate surface area is 167 Å². The summed E-state index contributed by atoms with van der Waals surface area (Å²) in [5.41, 5.74) is 0.576. The van der Waals surface area contributed by atoms with Gasteiger partial charge in [0.25, 0.3) is 0 Å². The topological polar surface area (TPSA) is 105 Å². The van der Waals surface area contributed by atoms with E-state index in [0.717, 1.165) is 12.3 Å². The van der Waals surface area contributed by atoms with E-state index in [2.05, 4.69) is 10.0 Å². The molecule has 1 aliphatic rings. The Bertz CT molecular complexity index is 1060. The molecule has 0 saturated carbocycles. The lowest BCUT2D eigenvalue weighted by molar-refractivity contribution is -0.122. The van der Waals surface area contributed by atoms with E-state index in [1.54, 1.807) is 24.3 Å². The van der Waals surface area contributed by atoms with E-state index in [-0.39, 0.29) is 30.2 Å². The summed E-state index contributed by atoms with van der Waals surface area (Å²) >= 11 is 0. The number of hydrogen-bond donors (Lipinski definition) is 2. The first kappa shape index (κ1) is 20.6. The van der Waals surface area contributed by atoms with Crippen molar-refractivity contribution in [3.8, 4) is 5.75 Å². The van der Waals surface area contributed by atoms with Gasteiger partial charge in [0.2, 0.25) is 21.8 Å². The quantitative estimate of drug-likeness (QED) is 0.744. The van der Waals surface area contributed by atoms with Crippen molar-refractivity contribution >= 4 is 38.9 Å². The van der Waals surface area contributed by atoms with Gasteiger partial charge in [-0.25, -0.2) is 12.8 Å². The van der Waals surface area contributed by atoms with Crippen LogP contribution in [0.4, 0.5) is 21.5 Å². The Morgan fingerprint density at radius 1 is 1.24 bits per heavy atom. The number of ether oxygens (including phenoxy) is 1. The van der Waals surface area contributed by atoms with Crippen LogP contribution in [0, 0.1) is 11.7 Å². The van der Waals surface area contributed by atoms with Crippen molar-refractivity contribution in [2.24, 2.45) is 5.92 Å². The highest BCUT2D eigenvalue weighted by Crippen LogP contribution is 2.29. The normalized spacial score (nSPS) is 16.6. The molecule has 2 N–H and O–H groups in total. The molecule has 1 aliphatic heterocycles. The van der Waals surface area contributed by atoms with Crippen LogP contribution < -0.4 is 19.7 Å². The van der Waals surface area contributed by atoms with Crippen LogP contribution in [0.2, 0.25) is 0 Å². The van der Waals surface area contributed by atoms with Gasteiger partial charge >= 0.3 is 0 Å². The molecule has 1 heterocycles. The summed E-state index contributed by atoms with van der Waals surface area (Å²) < 4.78 is 43.7. The number of benzene rings is 2. The van der Waals surface area contributed by atoms with Crippen molar-refractivity contribution in [3.63, 3.8) is 0 Å². The zero-order valence-corrected chi connectivity index (χ0v) is 16.6. The van der Waals surface area contributed by atoms with Gasteiger partial charge in [-0.3, -0.25) is 14.3 Å². The maximum absolute atomic E-state index is 13.8. The van der Waals surface area contributed by atoms with E-state index in [1.165, 1.54) is 24.1 Å². The maximum atomic E-state index is 13.8. The number of carbonyl (C=O) groups excluding carboxylic acids is 2. The predicted octanol–water partition coefficient (Wildman–Crippen LogP) is 2.20. The molecule has 1 fully saturated rings. The molecular formula is C19H20FN3O5S. The van der Waals surface area contributed by atoms with Crippen molar-refractivity contribution < 1.29 is 27.1 Å². The maximum Gasteiger partial charge on any atom is 0.229 e. The van der Waals surface area contributed by atoms with Gasteiger partial charge < -0.3 is 15.0 Å². The van der Waals surface area contributed by atoms with E-state index in [4.69, 9.17) is 4.74 Å². The summed E-state index contributed by atoms with van der Waals surface area (Å²) in [4.78, 5) is 26.5. The smallest absolute Gasteiger partial charge is 0.229 e. The van der Waals surface area contributed by atoms with Crippen molar-refractivity contribution in [1.82, 2.24) is 0 Å². The van der Waals surface area contributed by atoms with Crippen LogP contribution in [0.5, 0.6) is 5.75 Å². The van der Waals surface area contributed by atoms with E-state index < -0.39 is 27.7 Å². The van der Waals surface area contributed by atoms with Crippen LogP contribution in [0.25, 0.3) is 0 Å². The second kappa shape index (κ2) is 8.08. The molecule has 154 valence electrons. The number of amides is 2. The average molecular weight is 421 g/mol. The number of rotatable bonds is 6. The highest BCUT2D eigenvalue weighted by atomic mass is 32.2. The molecule has 0 aliphatic carbocycles. The minimum Gasteiger partial charge on any atom is -0.497 e. The lowest BCUT2D eigenvalue weighted by atomic mass is 10.1. The van der Waals surface area contributed by atoms with Crippen molar-refractivity contribution in [3.05, 3.63) is 48.3 Å². The molecular weight excluding hydrogens is 401 g/mol. The predicted molar refractivity (Wildman–Crippen MR) is 107 cm³/mol. The molecule has 2 aromatic rings. The van der Waals surface area contributed by atoms with Gasteiger partial charge in [0, 0.05) is 30.4 Å². The molecule has 8 nitrogen and oxygen atoms in total. The van der Waals surface area contributed by atoms with E-state index in [1.807, 2.05) is 0 Å². The molecule has 3 rings (SSSR count). The minimum absolute atomic E-state index is 0.0265. The number of anilines is 3. The highest BCUT2D eigenvalue weighted by molar-refractivity contribution is 7.92. The molecule has 1 saturated heterocycles. The minimum atomic E-state index is -3.68. The highest BCUT2D eigenvalue weighted by Gasteiger charge is 2.35. The van der Waals surface area contributed by atoms with Gasteiger partial charge in [-0.05, 0) is 30.3 Å². The van der Waals surface area contributed by atoms with Crippen LogP contribution in [0.15, 0.2) is 42.5 Å². The number of methoxy groups -OCH3 is 1. The second-order valence-corrected chi connectivity index (χ2v) is 8.41. The summed E-state index contributed by atoms with van der Waals surface area (Å²) in [5, 5.41) is 2.61. The third kappa shape index (κ3) is 5.02. The third-order valence-corrected chi connectivity index (χ3v) is 4.98. The number of carbonyl (C=O) groups is 2. The van der Waals surface area contributed by atoms with Gasteiger partial charge in [0.05, 0.1) is 25.0 Å². The van der Waals surface area contributed by atoms with Gasteiger partial charge in [0.15, 0.2) is 0 Å². The SMILES string of the molecule is COc1cccc(N2C[C@@H](C(=O)Nc3ccc(F)c(NS(C)(=O)=O)c3)CC2=O)c1. The molecule has 0 bridgehead atoms. The fraction of sp³-hybridized carbons (Fsp3) is 0.263. The number of nitrogens with zero attached hydrogens (tertiary/aromatic N) is 1. The zero-order chi connectivity index (χ0) is 21.2. The lowest BCUT2D eigenvalue weighted by Crippen LogP contribution is -2.28. The van der Waals surface area contributed by atoms with Gasteiger partial charge in [0.1, 0.15) is 11.6 Å². The summed E-state index contributed by atoms with van der Waals surface area (Å²) in [6, 6.07) is 10.5. The summed E-state index contributed by atoms with van der Waals surface area (Å²) in [5.74, 6) is -1.39. The Morgan fingerprint density at radius 3 is 2.69 bits per heavy atom.